The predicted molar refractivity (Wildman–Crippen MR) is 94.5 cm³/mol. The minimum Gasteiger partial charge on any atom is -0.477 e. The van der Waals surface area contributed by atoms with E-state index in [2.05, 4.69) is 29.2 Å². The van der Waals surface area contributed by atoms with Gasteiger partial charge in [-0.15, -0.1) is 11.3 Å². The molecule has 0 fully saturated rings. The van der Waals surface area contributed by atoms with Crippen molar-refractivity contribution in [2.45, 2.75) is 32.6 Å². The van der Waals surface area contributed by atoms with Gasteiger partial charge in [0.05, 0.1) is 10.7 Å². The van der Waals surface area contributed by atoms with E-state index in [1.165, 1.54) is 27.7 Å². The van der Waals surface area contributed by atoms with Crippen LogP contribution in [0.2, 0.25) is 0 Å². The van der Waals surface area contributed by atoms with Crippen molar-refractivity contribution in [3.05, 3.63) is 63.6 Å². The van der Waals surface area contributed by atoms with Gasteiger partial charge in [0.15, 0.2) is 0 Å². The third kappa shape index (κ3) is 3.13. The molecular formula is C19H19NO2S. The minimum atomic E-state index is -0.892. The molecule has 3 aromatic rings. The minimum absolute atomic E-state index is 0.277. The Kier molecular flexibility index (Phi) is 3.94. The van der Waals surface area contributed by atoms with Crippen molar-refractivity contribution in [3.63, 3.8) is 0 Å². The summed E-state index contributed by atoms with van der Waals surface area (Å²) in [7, 11) is 0. The summed E-state index contributed by atoms with van der Waals surface area (Å²) in [6, 6.07) is 14.4. The molecule has 1 aromatic heterocycles. The summed E-state index contributed by atoms with van der Waals surface area (Å²) in [5, 5.41) is 12.7. The molecule has 1 N–H and O–H groups in total. The van der Waals surface area contributed by atoms with Gasteiger partial charge < -0.3 is 5.11 Å². The summed E-state index contributed by atoms with van der Waals surface area (Å²) in [6.45, 7) is 5.99. The van der Waals surface area contributed by atoms with Gasteiger partial charge in [0.25, 0.3) is 0 Å². The maximum Gasteiger partial charge on any atom is 0.347 e. The normalized spacial score (nSPS) is 11.8. The lowest BCUT2D eigenvalue weighted by Crippen LogP contribution is -2.16. The first-order valence-corrected chi connectivity index (χ1v) is 8.38. The Morgan fingerprint density at radius 1 is 1.13 bits per heavy atom. The highest BCUT2D eigenvalue weighted by atomic mass is 32.1. The van der Waals surface area contributed by atoms with E-state index in [1.54, 1.807) is 0 Å². The summed E-state index contributed by atoms with van der Waals surface area (Å²) in [6.07, 6.45) is 0.655. The first-order chi connectivity index (χ1) is 10.9. The van der Waals surface area contributed by atoms with Gasteiger partial charge in [-0.05, 0) is 16.3 Å². The summed E-state index contributed by atoms with van der Waals surface area (Å²) in [4.78, 5) is 16.5. The van der Waals surface area contributed by atoms with Gasteiger partial charge in [-0.25, -0.2) is 9.78 Å². The fourth-order valence-electron chi connectivity index (χ4n) is 2.70. The summed E-state index contributed by atoms with van der Waals surface area (Å²) < 4.78 is 0. The van der Waals surface area contributed by atoms with E-state index in [1.807, 2.05) is 39.0 Å². The van der Waals surface area contributed by atoms with Crippen molar-refractivity contribution in [2.75, 3.05) is 0 Å². The lowest BCUT2D eigenvalue weighted by molar-refractivity contribution is 0.0699. The van der Waals surface area contributed by atoms with Gasteiger partial charge in [0.2, 0.25) is 0 Å². The highest BCUT2D eigenvalue weighted by Crippen LogP contribution is 2.31. The number of fused-ring (bicyclic) bond motifs is 1. The second-order valence-corrected chi connectivity index (χ2v) is 7.74. The number of benzene rings is 2. The molecule has 0 aliphatic rings. The summed E-state index contributed by atoms with van der Waals surface area (Å²) in [5.41, 5.74) is 1.57. The molecule has 3 rings (SSSR count). The van der Waals surface area contributed by atoms with Crippen LogP contribution in [0.25, 0.3) is 10.8 Å². The predicted octanol–water partition coefficient (Wildman–Crippen LogP) is 4.88. The molecule has 0 aliphatic heterocycles. The van der Waals surface area contributed by atoms with Crippen LogP contribution in [-0.4, -0.2) is 16.1 Å². The van der Waals surface area contributed by atoms with Gasteiger partial charge >= 0.3 is 5.97 Å². The Hall–Kier alpha value is -2.20. The van der Waals surface area contributed by atoms with Gasteiger partial charge in [-0.3, -0.25) is 0 Å². The zero-order valence-corrected chi connectivity index (χ0v) is 14.3. The number of aromatic nitrogens is 1. The molecule has 0 amide bonds. The number of aromatic carboxylic acids is 1. The Bertz CT molecular complexity index is 869. The van der Waals surface area contributed by atoms with E-state index in [9.17, 15) is 9.90 Å². The van der Waals surface area contributed by atoms with Crippen molar-refractivity contribution in [1.29, 1.82) is 0 Å². The monoisotopic (exact) mass is 325 g/mol. The van der Waals surface area contributed by atoms with Gasteiger partial charge in [0.1, 0.15) is 4.88 Å². The molecule has 0 saturated heterocycles. The largest absolute Gasteiger partial charge is 0.477 e. The Morgan fingerprint density at radius 3 is 2.48 bits per heavy atom. The molecule has 1 heterocycles. The van der Waals surface area contributed by atoms with Crippen LogP contribution in [0.5, 0.6) is 0 Å². The van der Waals surface area contributed by atoms with Crippen molar-refractivity contribution < 1.29 is 9.90 Å². The van der Waals surface area contributed by atoms with E-state index in [0.717, 1.165) is 5.01 Å². The summed E-state index contributed by atoms with van der Waals surface area (Å²) >= 11 is 1.29. The molecule has 0 saturated carbocycles. The second-order valence-electron chi connectivity index (χ2n) is 6.66. The number of hydrogen-bond donors (Lipinski definition) is 1. The third-order valence-corrected chi connectivity index (χ3v) is 4.84. The smallest absolute Gasteiger partial charge is 0.347 e. The Balaban J connectivity index is 2.04. The fraction of sp³-hybridized carbons (Fsp3) is 0.263. The lowest BCUT2D eigenvalue weighted by Gasteiger charge is -2.16. The SMILES string of the molecule is CC(C)(C)c1nc(Cc2cccc3ccccc23)sc1C(=O)O. The van der Waals surface area contributed by atoms with E-state index in [-0.39, 0.29) is 5.41 Å². The van der Waals surface area contributed by atoms with E-state index >= 15 is 0 Å². The van der Waals surface area contributed by atoms with Crippen LogP contribution in [0.4, 0.5) is 0 Å². The number of nitrogens with zero attached hydrogens (tertiary/aromatic N) is 1. The quantitative estimate of drug-likeness (QED) is 0.746. The zero-order valence-electron chi connectivity index (χ0n) is 13.5. The summed E-state index contributed by atoms with van der Waals surface area (Å²) in [5.74, 6) is -0.892. The van der Waals surface area contributed by atoms with Crippen LogP contribution in [0.1, 0.15) is 46.7 Å². The molecule has 3 nitrogen and oxygen atoms in total. The van der Waals surface area contributed by atoms with E-state index in [0.29, 0.717) is 17.0 Å². The molecule has 118 valence electrons. The molecular weight excluding hydrogens is 306 g/mol. The molecule has 0 aliphatic carbocycles. The zero-order chi connectivity index (χ0) is 16.6. The average molecular weight is 325 g/mol. The number of rotatable bonds is 3. The van der Waals surface area contributed by atoms with E-state index < -0.39 is 5.97 Å². The number of carboxylic acid groups (broad SMARTS) is 1. The van der Waals surface area contributed by atoms with Crippen molar-refractivity contribution >= 4 is 28.1 Å². The van der Waals surface area contributed by atoms with Crippen LogP contribution >= 0.6 is 11.3 Å². The van der Waals surface area contributed by atoms with E-state index in [4.69, 9.17) is 0 Å². The fourth-order valence-corrected chi connectivity index (χ4v) is 3.84. The topological polar surface area (TPSA) is 50.2 Å². The lowest BCUT2D eigenvalue weighted by atomic mass is 9.91. The Morgan fingerprint density at radius 2 is 1.83 bits per heavy atom. The van der Waals surface area contributed by atoms with Crippen LogP contribution in [0.15, 0.2) is 42.5 Å². The molecule has 0 atom stereocenters. The van der Waals surface area contributed by atoms with Gasteiger partial charge in [0, 0.05) is 11.8 Å². The molecule has 0 radical (unpaired) electrons. The van der Waals surface area contributed by atoms with Gasteiger partial charge in [-0.1, -0.05) is 63.2 Å². The maximum atomic E-state index is 11.5. The first-order valence-electron chi connectivity index (χ1n) is 7.56. The Labute approximate surface area is 139 Å². The second kappa shape index (κ2) is 5.78. The number of hydrogen-bond acceptors (Lipinski definition) is 3. The first kappa shape index (κ1) is 15.7. The highest BCUT2D eigenvalue weighted by Gasteiger charge is 2.27. The number of carboxylic acids is 1. The van der Waals surface area contributed by atoms with Crippen LogP contribution in [0, 0.1) is 0 Å². The molecule has 23 heavy (non-hydrogen) atoms. The molecule has 2 aromatic carbocycles. The maximum absolute atomic E-state index is 11.5. The van der Waals surface area contributed by atoms with Crippen molar-refractivity contribution in [1.82, 2.24) is 4.98 Å². The molecule has 0 bridgehead atoms. The van der Waals surface area contributed by atoms with Crippen molar-refractivity contribution in [3.8, 4) is 0 Å². The molecule has 4 heteroatoms. The van der Waals surface area contributed by atoms with Gasteiger partial charge in [-0.2, -0.15) is 0 Å². The number of thiazole rings is 1. The molecule has 0 unspecified atom stereocenters. The third-order valence-electron chi connectivity index (χ3n) is 3.80. The standard InChI is InChI=1S/C19H19NO2S/c1-19(2,3)17-16(18(21)22)23-15(20-17)11-13-9-6-8-12-7-4-5-10-14(12)13/h4-10H,11H2,1-3H3,(H,21,22). The molecule has 0 spiro atoms. The number of carbonyl (C=O) groups is 1. The highest BCUT2D eigenvalue weighted by molar-refractivity contribution is 7.13. The van der Waals surface area contributed by atoms with Crippen LogP contribution in [-0.2, 0) is 11.8 Å². The van der Waals surface area contributed by atoms with Crippen LogP contribution in [0.3, 0.4) is 0 Å². The van der Waals surface area contributed by atoms with Crippen LogP contribution < -0.4 is 0 Å². The average Bonchev–Trinajstić information content (AvgIpc) is 2.92. The van der Waals surface area contributed by atoms with Crippen molar-refractivity contribution in [2.24, 2.45) is 0 Å².